The third-order valence-electron chi connectivity index (χ3n) is 7.13. The van der Waals surface area contributed by atoms with Gasteiger partial charge in [0.2, 0.25) is 0 Å². The van der Waals surface area contributed by atoms with Gasteiger partial charge in [0.25, 0.3) is 0 Å². The first kappa shape index (κ1) is 22.3. The fourth-order valence-electron chi connectivity index (χ4n) is 5.24. The van der Waals surface area contributed by atoms with E-state index in [-0.39, 0.29) is 41.5 Å². The van der Waals surface area contributed by atoms with E-state index in [1.807, 2.05) is 37.3 Å². The van der Waals surface area contributed by atoms with Crippen molar-refractivity contribution in [2.45, 2.75) is 82.5 Å². The highest BCUT2D eigenvalue weighted by Crippen LogP contribution is 2.59. The maximum atomic E-state index is 12.7. The van der Waals surface area contributed by atoms with Gasteiger partial charge < -0.3 is 24.3 Å². The topological polar surface area (TPSA) is 72.6 Å². The highest BCUT2D eigenvalue weighted by molar-refractivity contribution is 5.68. The number of hydrogen-bond donors (Lipinski definition) is 1. The lowest BCUT2D eigenvalue weighted by Crippen LogP contribution is -2.56. The van der Waals surface area contributed by atoms with Crippen LogP contribution in [-0.4, -0.2) is 49.3 Å². The minimum absolute atomic E-state index is 0.0265. The lowest BCUT2D eigenvalue weighted by molar-refractivity contribution is -0.118. The van der Waals surface area contributed by atoms with Crippen LogP contribution in [0.1, 0.15) is 58.6 Å². The quantitative estimate of drug-likeness (QED) is 0.508. The van der Waals surface area contributed by atoms with Crippen LogP contribution in [0.4, 0.5) is 4.79 Å². The molecule has 0 unspecified atom stereocenters. The summed E-state index contributed by atoms with van der Waals surface area (Å²) in [6.07, 6.45) is 3.77. The number of allylic oxidation sites excluding steroid dienone is 1. The van der Waals surface area contributed by atoms with E-state index >= 15 is 0 Å². The molecule has 7 atom stereocenters. The fourth-order valence-corrected chi connectivity index (χ4v) is 5.24. The van der Waals surface area contributed by atoms with Crippen molar-refractivity contribution in [3.8, 4) is 0 Å². The Labute approximate surface area is 185 Å². The third kappa shape index (κ3) is 4.52. The number of alkyl carbamates (subject to hydrolysis) is 1. The smallest absolute Gasteiger partial charge is 0.407 e. The van der Waals surface area contributed by atoms with Crippen molar-refractivity contribution >= 4 is 6.09 Å². The highest BCUT2D eigenvalue weighted by Gasteiger charge is 2.72. The van der Waals surface area contributed by atoms with E-state index in [9.17, 15) is 4.79 Å². The molecule has 1 aliphatic carbocycles. The zero-order chi connectivity index (χ0) is 22.2. The average Bonchev–Trinajstić information content (AvgIpc) is 3.65. The van der Waals surface area contributed by atoms with Crippen LogP contribution in [0.3, 0.4) is 0 Å². The molecule has 1 amide bonds. The minimum atomic E-state index is -0.419. The van der Waals surface area contributed by atoms with Crippen LogP contribution in [0, 0.1) is 5.92 Å². The van der Waals surface area contributed by atoms with Gasteiger partial charge >= 0.3 is 6.09 Å². The summed E-state index contributed by atoms with van der Waals surface area (Å²) in [5, 5.41) is 2.95. The first-order chi connectivity index (χ1) is 14.8. The van der Waals surface area contributed by atoms with E-state index in [2.05, 4.69) is 32.2 Å². The molecule has 2 aliphatic heterocycles. The van der Waals surface area contributed by atoms with Crippen molar-refractivity contribution in [3.05, 3.63) is 47.5 Å². The molecule has 1 N–H and O–H groups in total. The second-order valence-electron chi connectivity index (χ2n) is 9.60. The second-order valence-corrected chi connectivity index (χ2v) is 9.60. The van der Waals surface area contributed by atoms with Crippen molar-refractivity contribution in [1.29, 1.82) is 0 Å². The monoisotopic (exact) mass is 429 g/mol. The Hall–Kier alpha value is -1.89. The summed E-state index contributed by atoms with van der Waals surface area (Å²) in [7, 11) is 1.69. The van der Waals surface area contributed by atoms with Gasteiger partial charge in [0.1, 0.15) is 23.4 Å². The van der Waals surface area contributed by atoms with E-state index in [1.54, 1.807) is 7.11 Å². The number of epoxide rings is 2. The molecule has 1 aromatic rings. The van der Waals surface area contributed by atoms with Gasteiger partial charge in [0, 0.05) is 7.11 Å². The molecule has 31 heavy (non-hydrogen) atoms. The molecule has 1 aromatic carbocycles. The Morgan fingerprint density at radius 3 is 2.65 bits per heavy atom. The summed E-state index contributed by atoms with van der Waals surface area (Å²) in [5.74, 6) is 0.0265. The van der Waals surface area contributed by atoms with Crippen LogP contribution in [0.25, 0.3) is 0 Å². The molecule has 2 heterocycles. The van der Waals surface area contributed by atoms with Gasteiger partial charge in [-0.2, -0.15) is 0 Å². The molecule has 1 saturated carbocycles. The molecule has 170 valence electrons. The van der Waals surface area contributed by atoms with Crippen LogP contribution in [-0.2, 0) is 18.9 Å². The molecule has 6 nitrogen and oxygen atoms in total. The Bertz CT molecular complexity index is 816. The van der Waals surface area contributed by atoms with Gasteiger partial charge in [0.05, 0.1) is 24.7 Å². The normalized spacial score (nSPS) is 37.1. The molecule has 4 rings (SSSR count). The van der Waals surface area contributed by atoms with Crippen LogP contribution in [0.2, 0.25) is 0 Å². The lowest BCUT2D eigenvalue weighted by atomic mass is 9.68. The van der Waals surface area contributed by atoms with Gasteiger partial charge in [-0.3, -0.25) is 0 Å². The molecule has 2 saturated heterocycles. The minimum Gasteiger partial charge on any atom is -0.443 e. The van der Waals surface area contributed by atoms with Gasteiger partial charge in [-0.1, -0.05) is 42.0 Å². The zero-order valence-electron chi connectivity index (χ0n) is 19.2. The van der Waals surface area contributed by atoms with Crippen LogP contribution >= 0.6 is 0 Å². The number of benzene rings is 1. The van der Waals surface area contributed by atoms with E-state index < -0.39 is 6.09 Å². The van der Waals surface area contributed by atoms with Gasteiger partial charge in [-0.05, 0) is 52.5 Å². The van der Waals surface area contributed by atoms with E-state index in [1.165, 1.54) is 5.57 Å². The summed E-state index contributed by atoms with van der Waals surface area (Å²) in [6, 6.07) is 9.73. The number of amides is 1. The standard InChI is InChI=1S/C25H35NO5/c1-16(2)11-12-20-24(4,31-20)22-21(28-5)19(13-14-25(22)15-29-25)30-23(27)26-17(3)18-9-7-6-8-10-18/h6-11,17,19-22H,12-15H2,1-5H3,(H,26,27)/t17-,19-,20-,21-,22-,24+,25+/m1/s1. The molecule has 0 aromatic heterocycles. The summed E-state index contributed by atoms with van der Waals surface area (Å²) in [4.78, 5) is 12.7. The molecule has 3 fully saturated rings. The largest absolute Gasteiger partial charge is 0.443 e. The lowest BCUT2D eigenvalue weighted by Gasteiger charge is -2.42. The Morgan fingerprint density at radius 1 is 1.32 bits per heavy atom. The van der Waals surface area contributed by atoms with Gasteiger partial charge in [-0.25, -0.2) is 4.79 Å². The van der Waals surface area contributed by atoms with Crippen LogP contribution in [0.5, 0.6) is 0 Å². The molecule has 0 radical (unpaired) electrons. The first-order valence-electron chi connectivity index (χ1n) is 11.3. The van der Waals surface area contributed by atoms with Gasteiger partial charge in [0.15, 0.2) is 0 Å². The first-order valence-corrected chi connectivity index (χ1v) is 11.3. The second kappa shape index (κ2) is 8.57. The molecular weight excluding hydrogens is 394 g/mol. The number of carbonyl (C=O) groups is 1. The van der Waals surface area contributed by atoms with Crippen LogP contribution in [0.15, 0.2) is 42.0 Å². The predicted octanol–water partition coefficient (Wildman–Crippen LogP) is 4.55. The van der Waals surface area contributed by atoms with Crippen molar-refractivity contribution in [1.82, 2.24) is 5.32 Å². The Kier molecular flexibility index (Phi) is 6.16. The third-order valence-corrected chi connectivity index (χ3v) is 7.13. The number of hydrogen-bond acceptors (Lipinski definition) is 5. The highest BCUT2D eigenvalue weighted by atomic mass is 16.6. The number of rotatable bonds is 7. The summed E-state index contributed by atoms with van der Waals surface area (Å²) in [5.41, 5.74) is 1.77. The summed E-state index contributed by atoms with van der Waals surface area (Å²) < 4.78 is 24.0. The molecule has 3 aliphatic rings. The van der Waals surface area contributed by atoms with Crippen molar-refractivity contribution in [2.24, 2.45) is 5.92 Å². The van der Waals surface area contributed by atoms with E-state index in [0.29, 0.717) is 0 Å². The number of carbonyl (C=O) groups excluding carboxylic acids is 1. The van der Waals surface area contributed by atoms with E-state index in [0.717, 1.165) is 31.4 Å². The van der Waals surface area contributed by atoms with Crippen molar-refractivity contribution in [2.75, 3.05) is 13.7 Å². The predicted molar refractivity (Wildman–Crippen MR) is 118 cm³/mol. The Balaban J connectivity index is 1.43. The SMILES string of the molecule is CO[C@@H]1[C@H](OC(=O)N[C@H](C)c2ccccc2)CC[C@]2(CO2)[C@H]1[C@@]1(C)O[C@@H]1CC=C(C)C. The molecular formula is C25H35NO5. The maximum absolute atomic E-state index is 12.7. The van der Waals surface area contributed by atoms with Gasteiger partial charge in [-0.15, -0.1) is 0 Å². The van der Waals surface area contributed by atoms with E-state index in [4.69, 9.17) is 18.9 Å². The molecule has 6 heteroatoms. The fraction of sp³-hybridized carbons (Fsp3) is 0.640. The van der Waals surface area contributed by atoms with Crippen molar-refractivity contribution < 1.29 is 23.7 Å². The average molecular weight is 430 g/mol. The number of nitrogens with one attached hydrogen (secondary N) is 1. The molecule has 1 spiro atoms. The molecule has 0 bridgehead atoms. The zero-order valence-corrected chi connectivity index (χ0v) is 19.2. The van der Waals surface area contributed by atoms with Crippen molar-refractivity contribution in [3.63, 3.8) is 0 Å². The Morgan fingerprint density at radius 2 is 2.03 bits per heavy atom. The number of methoxy groups -OCH3 is 1. The van der Waals surface area contributed by atoms with Crippen LogP contribution < -0.4 is 5.32 Å². The maximum Gasteiger partial charge on any atom is 0.407 e. The summed E-state index contributed by atoms with van der Waals surface area (Å²) in [6.45, 7) is 9.02. The number of ether oxygens (including phenoxy) is 4. The summed E-state index contributed by atoms with van der Waals surface area (Å²) >= 11 is 0.